The van der Waals surface area contributed by atoms with Crippen LogP contribution in [-0.2, 0) is 17.6 Å². The first kappa shape index (κ1) is 19.4. The molecule has 1 amide bonds. The fraction of sp³-hybridized carbons (Fsp3) is 0.130. The third-order valence-corrected chi connectivity index (χ3v) is 4.28. The number of anilines is 1. The highest BCUT2D eigenvalue weighted by atomic mass is 19.1. The van der Waals surface area contributed by atoms with Crippen LogP contribution in [0.4, 0.5) is 14.5 Å². The molecule has 5 heteroatoms. The van der Waals surface area contributed by atoms with Crippen molar-refractivity contribution < 1.29 is 18.4 Å². The first-order valence-corrected chi connectivity index (χ1v) is 8.84. The predicted molar refractivity (Wildman–Crippen MR) is 104 cm³/mol. The normalized spacial score (nSPS) is 10.5. The molecule has 0 saturated carbocycles. The van der Waals surface area contributed by atoms with Gasteiger partial charge in [-0.05, 0) is 42.3 Å². The van der Waals surface area contributed by atoms with E-state index in [1.807, 2.05) is 31.2 Å². The Balaban J connectivity index is 1.71. The third-order valence-electron chi connectivity index (χ3n) is 4.28. The van der Waals surface area contributed by atoms with Crippen molar-refractivity contribution in [2.45, 2.75) is 19.8 Å². The number of benzene rings is 3. The number of rotatable bonds is 6. The SMILES string of the molecule is Cc1cccc(CC(=O)Cc2ccc(F)c(NC(=O)c3ccccc3F)c2)c1. The minimum absolute atomic E-state index is 0.0245. The molecule has 0 bridgehead atoms. The van der Waals surface area contributed by atoms with E-state index in [-0.39, 0.29) is 29.9 Å². The summed E-state index contributed by atoms with van der Waals surface area (Å²) in [5, 5.41) is 2.37. The second kappa shape index (κ2) is 8.57. The van der Waals surface area contributed by atoms with E-state index in [0.717, 1.165) is 17.2 Å². The van der Waals surface area contributed by atoms with Crippen molar-refractivity contribution in [3.05, 3.63) is 101 Å². The second-order valence-corrected chi connectivity index (χ2v) is 6.63. The molecule has 0 aliphatic heterocycles. The summed E-state index contributed by atoms with van der Waals surface area (Å²) in [5.41, 5.74) is 2.30. The highest BCUT2D eigenvalue weighted by Crippen LogP contribution is 2.19. The number of aryl methyl sites for hydroxylation is 1. The lowest BCUT2D eigenvalue weighted by Gasteiger charge is -2.09. The number of carbonyl (C=O) groups is 2. The molecular weight excluding hydrogens is 360 g/mol. The van der Waals surface area contributed by atoms with Gasteiger partial charge in [-0.1, -0.05) is 48.0 Å². The smallest absolute Gasteiger partial charge is 0.258 e. The summed E-state index contributed by atoms with van der Waals surface area (Å²) >= 11 is 0. The van der Waals surface area contributed by atoms with Gasteiger partial charge in [-0.25, -0.2) is 8.78 Å². The molecule has 0 aliphatic carbocycles. The molecule has 0 aromatic heterocycles. The highest BCUT2D eigenvalue weighted by Gasteiger charge is 2.14. The molecule has 28 heavy (non-hydrogen) atoms. The number of amides is 1. The second-order valence-electron chi connectivity index (χ2n) is 6.63. The maximum Gasteiger partial charge on any atom is 0.258 e. The average Bonchev–Trinajstić information content (AvgIpc) is 2.64. The topological polar surface area (TPSA) is 46.2 Å². The molecule has 3 aromatic rings. The Hall–Kier alpha value is -3.34. The molecule has 142 valence electrons. The minimum Gasteiger partial charge on any atom is -0.319 e. The lowest BCUT2D eigenvalue weighted by Crippen LogP contribution is -2.15. The number of nitrogens with one attached hydrogen (secondary N) is 1. The first-order chi connectivity index (χ1) is 13.4. The van der Waals surface area contributed by atoms with Gasteiger partial charge in [0.2, 0.25) is 0 Å². The van der Waals surface area contributed by atoms with Crippen molar-refractivity contribution in [2.24, 2.45) is 0 Å². The van der Waals surface area contributed by atoms with Crippen molar-refractivity contribution in [1.29, 1.82) is 0 Å². The zero-order valence-electron chi connectivity index (χ0n) is 15.3. The monoisotopic (exact) mass is 379 g/mol. The molecule has 3 rings (SSSR count). The predicted octanol–water partition coefficient (Wildman–Crippen LogP) is 4.88. The number of hydrogen-bond acceptors (Lipinski definition) is 2. The highest BCUT2D eigenvalue weighted by molar-refractivity contribution is 6.04. The molecule has 1 N–H and O–H groups in total. The first-order valence-electron chi connectivity index (χ1n) is 8.84. The van der Waals surface area contributed by atoms with Gasteiger partial charge < -0.3 is 5.32 Å². The van der Waals surface area contributed by atoms with Gasteiger partial charge in [-0.2, -0.15) is 0 Å². The van der Waals surface area contributed by atoms with Crippen molar-refractivity contribution in [1.82, 2.24) is 0 Å². The Bertz CT molecular complexity index is 1030. The van der Waals surface area contributed by atoms with E-state index in [1.54, 1.807) is 0 Å². The average molecular weight is 379 g/mol. The minimum atomic E-state index is -0.750. The number of ketones is 1. The van der Waals surface area contributed by atoms with Crippen LogP contribution in [0.25, 0.3) is 0 Å². The summed E-state index contributed by atoms with van der Waals surface area (Å²) in [5.74, 6) is -2.12. The maximum absolute atomic E-state index is 14.1. The zero-order valence-corrected chi connectivity index (χ0v) is 15.3. The standard InChI is InChI=1S/C23H19F2NO2/c1-15-5-4-6-16(11-15)12-18(27)13-17-9-10-21(25)22(14-17)26-23(28)19-7-2-3-8-20(19)24/h2-11,14H,12-13H2,1H3,(H,26,28). The Morgan fingerprint density at radius 2 is 1.54 bits per heavy atom. The summed E-state index contributed by atoms with van der Waals surface area (Å²) in [6.07, 6.45) is 0.382. The van der Waals surface area contributed by atoms with Crippen LogP contribution in [0.2, 0.25) is 0 Å². The van der Waals surface area contributed by atoms with Gasteiger partial charge in [-0.15, -0.1) is 0 Å². The van der Waals surface area contributed by atoms with E-state index < -0.39 is 17.5 Å². The lowest BCUT2D eigenvalue weighted by molar-refractivity contribution is -0.117. The summed E-state index contributed by atoms with van der Waals surface area (Å²) in [4.78, 5) is 24.6. The van der Waals surface area contributed by atoms with Crippen LogP contribution in [0.1, 0.15) is 27.0 Å². The number of hydrogen-bond donors (Lipinski definition) is 1. The number of halogens is 2. The van der Waals surface area contributed by atoms with Gasteiger partial charge in [0.05, 0.1) is 11.3 Å². The van der Waals surface area contributed by atoms with Crippen molar-refractivity contribution >= 4 is 17.4 Å². The Labute approximate surface area is 162 Å². The summed E-state index contributed by atoms with van der Waals surface area (Å²) in [7, 11) is 0. The van der Waals surface area contributed by atoms with Crippen molar-refractivity contribution in [2.75, 3.05) is 5.32 Å². The molecular formula is C23H19F2NO2. The van der Waals surface area contributed by atoms with Crippen LogP contribution in [-0.4, -0.2) is 11.7 Å². The third kappa shape index (κ3) is 4.88. The van der Waals surface area contributed by atoms with Gasteiger partial charge >= 0.3 is 0 Å². The maximum atomic E-state index is 14.1. The largest absolute Gasteiger partial charge is 0.319 e. The Morgan fingerprint density at radius 1 is 0.821 bits per heavy atom. The fourth-order valence-electron chi connectivity index (χ4n) is 2.95. The van der Waals surface area contributed by atoms with Gasteiger partial charge in [0.1, 0.15) is 17.4 Å². The molecule has 0 fully saturated rings. The summed E-state index contributed by atoms with van der Waals surface area (Å²) in [6, 6.07) is 17.2. The van der Waals surface area contributed by atoms with Crippen LogP contribution in [0, 0.1) is 18.6 Å². The lowest BCUT2D eigenvalue weighted by atomic mass is 10.0. The summed E-state index contributed by atoms with van der Waals surface area (Å²) < 4.78 is 27.8. The van der Waals surface area contributed by atoms with E-state index in [4.69, 9.17) is 0 Å². The molecule has 0 spiro atoms. The van der Waals surface area contributed by atoms with E-state index in [1.165, 1.54) is 36.4 Å². The Morgan fingerprint density at radius 3 is 2.25 bits per heavy atom. The van der Waals surface area contributed by atoms with Crippen LogP contribution < -0.4 is 5.32 Å². The van der Waals surface area contributed by atoms with Crippen molar-refractivity contribution in [3.8, 4) is 0 Å². The number of carbonyl (C=O) groups excluding carboxylic acids is 2. The molecule has 3 aromatic carbocycles. The molecule has 0 heterocycles. The molecule has 3 nitrogen and oxygen atoms in total. The van der Waals surface area contributed by atoms with E-state index in [9.17, 15) is 18.4 Å². The van der Waals surface area contributed by atoms with Crippen LogP contribution in [0.3, 0.4) is 0 Å². The van der Waals surface area contributed by atoms with Gasteiger partial charge in [-0.3, -0.25) is 9.59 Å². The summed E-state index contributed by atoms with van der Waals surface area (Å²) in [6.45, 7) is 1.96. The van der Waals surface area contributed by atoms with Crippen LogP contribution in [0.15, 0.2) is 66.7 Å². The number of Topliss-reactive ketones (excluding diaryl/α,β-unsaturated/α-hetero) is 1. The molecule has 0 atom stereocenters. The van der Waals surface area contributed by atoms with Gasteiger partial charge in [0.15, 0.2) is 0 Å². The van der Waals surface area contributed by atoms with E-state index in [0.29, 0.717) is 5.56 Å². The molecule has 0 unspecified atom stereocenters. The molecule has 0 saturated heterocycles. The zero-order chi connectivity index (χ0) is 20.1. The van der Waals surface area contributed by atoms with Gasteiger partial charge in [0, 0.05) is 12.8 Å². The molecule has 0 aliphatic rings. The Kier molecular flexibility index (Phi) is 5.94. The fourth-order valence-corrected chi connectivity index (χ4v) is 2.95. The van der Waals surface area contributed by atoms with E-state index >= 15 is 0 Å². The molecule has 0 radical (unpaired) electrons. The quantitative estimate of drug-likeness (QED) is 0.664. The van der Waals surface area contributed by atoms with Gasteiger partial charge in [0.25, 0.3) is 5.91 Å². The van der Waals surface area contributed by atoms with Crippen LogP contribution in [0.5, 0.6) is 0 Å². The van der Waals surface area contributed by atoms with E-state index in [2.05, 4.69) is 5.32 Å². The van der Waals surface area contributed by atoms with Crippen molar-refractivity contribution in [3.63, 3.8) is 0 Å². The van der Waals surface area contributed by atoms with Crippen LogP contribution >= 0.6 is 0 Å².